The average Bonchev–Trinajstić information content (AvgIpc) is 2.41. The topological polar surface area (TPSA) is 0 Å². The standard InChI is InChI=1S/C16H16.C2H6/c1-4-5-6-7-14(2)8-11-16-12-9-15(3)10-13-16;1-2/h4-7,9-10,12-13H,1H2,2-3H3;1-2H3/b6-5-,14-7+;. The first kappa shape index (κ1) is 16.0. The van der Waals surface area contributed by atoms with Crippen LogP contribution in [-0.2, 0) is 0 Å². The maximum Gasteiger partial charge on any atom is 0.0249 e. The zero-order chi connectivity index (χ0) is 13.8. The van der Waals surface area contributed by atoms with E-state index in [2.05, 4.69) is 37.5 Å². The van der Waals surface area contributed by atoms with Crippen LogP contribution in [0.2, 0.25) is 0 Å². The normalized spacial score (nSPS) is 10.1. The molecule has 18 heavy (non-hydrogen) atoms. The van der Waals surface area contributed by atoms with Crippen molar-refractivity contribution in [2.45, 2.75) is 27.7 Å². The molecule has 0 amide bonds. The van der Waals surface area contributed by atoms with E-state index < -0.39 is 0 Å². The monoisotopic (exact) mass is 238 g/mol. The molecular weight excluding hydrogens is 216 g/mol. The largest absolute Gasteiger partial charge is 0.0991 e. The van der Waals surface area contributed by atoms with Crippen LogP contribution < -0.4 is 0 Å². The number of hydrogen-bond donors (Lipinski definition) is 0. The van der Waals surface area contributed by atoms with Gasteiger partial charge in [0.25, 0.3) is 0 Å². The summed E-state index contributed by atoms with van der Waals surface area (Å²) in [4.78, 5) is 0. The predicted molar refractivity (Wildman–Crippen MR) is 82.5 cm³/mol. The summed E-state index contributed by atoms with van der Waals surface area (Å²) in [7, 11) is 0. The maximum atomic E-state index is 3.61. The molecule has 0 radical (unpaired) electrons. The molecule has 0 bridgehead atoms. The van der Waals surface area contributed by atoms with Gasteiger partial charge in [0.1, 0.15) is 0 Å². The van der Waals surface area contributed by atoms with E-state index in [1.54, 1.807) is 6.08 Å². The van der Waals surface area contributed by atoms with E-state index in [0.717, 1.165) is 11.1 Å². The lowest BCUT2D eigenvalue weighted by Gasteiger charge is -1.91. The molecule has 0 nitrogen and oxygen atoms in total. The van der Waals surface area contributed by atoms with E-state index in [0.29, 0.717) is 0 Å². The van der Waals surface area contributed by atoms with E-state index >= 15 is 0 Å². The highest BCUT2D eigenvalue weighted by Crippen LogP contribution is 2.01. The van der Waals surface area contributed by atoms with Gasteiger partial charge in [-0.3, -0.25) is 0 Å². The molecule has 0 heterocycles. The molecule has 1 aromatic carbocycles. The molecule has 0 aliphatic carbocycles. The predicted octanol–water partition coefficient (Wildman–Crippen LogP) is 5.06. The van der Waals surface area contributed by atoms with Gasteiger partial charge in [0.15, 0.2) is 0 Å². The number of aryl methyl sites for hydroxylation is 1. The number of allylic oxidation sites excluding steroid dienone is 5. The van der Waals surface area contributed by atoms with Gasteiger partial charge in [0.2, 0.25) is 0 Å². The molecule has 94 valence electrons. The third-order valence-corrected chi connectivity index (χ3v) is 2.05. The Balaban J connectivity index is 0.00000137. The van der Waals surface area contributed by atoms with Gasteiger partial charge in [0, 0.05) is 5.56 Å². The number of benzene rings is 1. The van der Waals surface area contributed by atoms with Crippen molar-refractivity contribution in [3.63, 3.8) is 0 Å². The third kappa shape index (κ3) is 7.30. The molecule has 0 saturated carbocycles. The summed E-state index contributed by atoms with van der Waals surface area (Å²) in [6.45, 7) is 11.7. The van der Waals surface area contributed by atoms with Crippen LogP contribution in [0.25, 0.3) is 0 Å². The highest BCUT2D eigenvalue weighted by Gasteiger charge is 1.85. The van der Waals surface area contributed by atoms with Crippen LogP contribution in [0.15, 0.2) is 60.7 Å². The summed E-state index contributed by atoms with van der Waals surface area (Å²) >= 11 is 0. The van der Waals surface area contributed by atoms with Crippen molar-refractivity contribution < 1.29 is 0 Å². The smallest absolute Gasteiger partial charge is 0.0249 e. The first-order valence-electron chi connectivity index (χ1n) is 6.27. The Bertz CT molecular complexity index is 459. The van der Waals surface area contributed by atoms with Crippen molar-refractivity contribution in [1.29, 1.82) is 0 Å². The lowest BCUT2D eigenvalue weighted by atomic mass is 10.1. The molecule has 0 spiro atoms. The van der Waals surface area contributed by atoms with Gasteiger partial charge in [-0.1, -0.05) is 74.3 Å². The van der Waals surface area contributed by atoms with Gasteiger partial charge in [0.05, 0.1) is 0 Å². The molecule has 1 aromatic rings. The minimum absolute atomic E-state index is 1.04. The SMILES string of the molecule is C=C/C=C\C=C(/C)C#Cc1ccc(C)cc1.CC. The molecular formula is C18H22. The second kappa shape index (κ2) is 10.2. The summed E-state index contributed by atoms with van der Waals surface area (Å²) < 4.78 is 0. The Hall–Kier alpha value is -2.00. The van der Waals surface area contributed by atoms with E-state index in [-0.39, 0.29) is 0 Å². The fourth-order valence-electron chi connectivity index (χ4n) is 1.13. The van der Waals surface area contributed by atoms with Crippen LogP contribution in [-0.4, -0.2) is 0 Å². The zero-order valence-electron chi connectivity index (χ0n) is 11.8. The Morgan fingerprint density at radius 1 is 1.11 bits per heavy atom. The van der Waals surface area contributed by atoms with Crippen molar-refractivity contribution in [3.8, 4) is 11.8 Å². The Morgan fingerprint density at radius 3 is 2.28 bits per heavy atom. The van der Waals surface area contributed by atoms with E-state index in [1.807, 2.05) is 51.1 Å². The molecule has 0 saturated heterocycles. The van der Waals surface area contributed by atoms with Crippen molar-refractivity contribution in [2.24, 2.45) is 0 Å². The van der Waals surface area contributed by atoms with Crippen molar-refractivity contribution in [2.75, 3.05) is 0 Å². The summed E-state index contributed by atoms with van der Waals surface area (Å²) in [6.07, 6.45) is 7.54. The summed E-state index contributed by atoms with van der Waals surface area (Å²) in [6, 6.07) is 8.21. The van der Waals surface area contributed by atoms with Crippen molar-refractivity contribution in [3.05, 3.63) is 71.8 Å². The first-order chi connectivity index (χ1) is 8.72. The van der Waals surface area contributed by atoms with Crippen LogP contribution in [0.1, 0.15) is 31.9 Å². The first-order valence-corrected chi connectivity index (χ1v) is 6.27. The Kier molecular flexibility index (Phi) is 9.04. The van der Waals surface area contributed by atoms with Gasteiger partial charge < -0.3 is 0 Å². The highest BCUT2D eigenvalue weighted by atomic mass is 13.9. The molecule has 0 aromatic heterocycles. The third-order valence-electron chi connectivity index (χ3n) is 2.05. The van der Waals surface area contributed by atoms with Crippen molar-refractivity contribution >= 4 is 0 Å². The quantitative estimate of drug-likeness (QED) is 0.499. The fraction of sp³-hybridized carbons (Fsp3) is 0.222. The molecule has 0 N–H and O–H groups in total. The van der Waals surface area contributed by atoms with E-state index in [9.17, 15) is 0 Å². The fourth-order valence-corrected chi connectivity index (χ4v) is 1.13. The minimum atomic E-state index is 1.04. The summed E-state index contributed by atoms with van der Waals surface area (Å²) in [5.41, 5.74) is 3.34. The van der Waals surface area contributed by atoms with Gasteiger partial charge in [-0.05, 0) is 31.6 Å². The number of hydrogen-bond acceptors (Lipinski definition) is 0. The second-order valence-electron chi connectivity index (χ2n) is 3.59. The van der Waals surface area contributed by atoms with Gasteiger partial charge in [-0.25, -0.2) is 0 Å². The molecule has 0 unspecified atom stereocenters. The molecule has 0 atom stereocenters. The molecule has 0 heteroatoms. The second-order valence-corrected chi connectivity index (χ2v) is 3.59. The van der Waals surface area contributed by atoms with E-state index in [1.165, 1.54) is 5.56 Å². The zero-order valence-corrected chi connectivity index (χ0v) is 11.8. The van der Waals surface area contributed by atoms with Gasteiger partial charge in [-0.15, -0.1) is 0 Å². The van der Waals surface area contributed by atoms with Crippen LogP contribution in [0.5, 0.6) is 0 Å². The highest BCUT2D eigenvalue weighted by molar-refractivity contribution is 5.41. The van der Waals surface area contributed by atoms with Crippen LogP contribution in [0, 0.1) is 18.8 Å². The maximum absolute atomic E-state index is 3.61. The van der Waals surface area contributed by atoms with E-state index in [4.69, 9.17) is 0 Å². The van der Waals surface area contributed by atoms with Crippen LogP contribution in [0.4, 0.5) is 0 Å². The van der Waals surface area contributed by atoms with Crippen LogP contribution in [0.3, 0.4) is 0 Å². The Labute approximate surface area is 112 Å². The van der Waals surface area contributed by atoms with Gasteiger partial charge >= 0.3 is 0 Å². The minimum Gasteiger partial charge on any atom is -0.0991 e. The molecule has 0 aliphatic rings. The van der Waals surface area contributed by atoms with Gasteiger partial charge in [-0.2, -0.15) is 0 Å². The lowest BCUT2D eigenvalue weighted by Crippen LogP contribution is -1.75. The summed E-state index contributed by atoms with van der Waals surface area (Å²) in [5, 5.41) is 0. The Morgan fingerprint density at radius 2 is 1.72 bits per heavy atom. The van der Waals surface area contributed by atoms with Crippen LogP contribution >= 0.6 is 0 Å². The van der Waals surface area contributed by atoms with Crippen molar-refractivity contribution in [1.82, 2.24) is 0 Å². The molecule has 0 aliphatic heterocycles. The lowest BCUT2D eigenvalue weighted by molar-refractivity contribution is 1.46. The molecule has 0 fully saturated rings. The molecule has 1 rings (SSSR count). The summed E-state index contributed by atoms with van der Waals surface area (Å²) in [5.74, 6) is 6.22. The number of rotatable bonds is 2. The average molecular weight is 238 g/mol.